The summed E-state index contributed by atoms with van der Waals surface area (Å²) in [5, 5.41) is 1.34. The van der Waals surface area contributed by atoms with Crippen LogP contribution in [0.5, 0.6) is 11.5 Å². The van der Waals surface area contributed by atoms with Gasteiger partial charge in [-0.25, -0.2) is 4.99 Å². The van der Waals surface area contributed by atoms with Gasteiger partial charge in [-0.3, -0.25) is 9.36 Å². The highest BCUT2D eigenvalue weighted by Crippen LogP contribution is 2.41. The van der Waals surface area contributed by atoms with Gasteiger partial charge in [0.1, 0.15) is 6.61 Å². The quantitative estimate of drug-likeness (QED) is 0.200. The first kappa shape index (κ1) is 27.7. The number of hydrogen-bond donors (Lipinski definition) is 0. The lowest BCUT2D eigenvalue weighted by molar-refractivity contribution is 0.284. The fraction of sp³-hybridized carbons (Fsp3) is 0.143. The lowest BCUT2D eigenvalue weighted by atomic mass is 9.83. The predicted molar refractivity (Wildman–Crippen MR) is 173 cm³/mol. The Labute approximate surface area is 262 Å². The van der Waals surface area contributed by atoms with E-state index < -0.39 is 0 Å². The van der Waals surface area contributed by atoms with Crippen LogP contribution < -0.4 is 24.4 Å². The first-order valence-corrected chi connectivity index (χ1v) is 15.5. The van der Waals surface area contributed by atoms with E-state index in [0.717, 1.165) is 46.4 Å². The lowest BCUT2D eigenvalue weighted by Crippen LogP contribution is -2.38. The Morgan fingerprint density at radius 3 is 2.44 bits per heavy atom. The van der Waals surface area contributed by atoms with Crippen molar-refractivity contribution >= 4 is 46.3 Å². The molecule has 0 spiro atoms. The maximum Gasteiger partial charge on any atom is 0.271 e. The van der Waals surface area contributed by atoms with Crippen LogP contribution in [0.1, 0.15) is 40.3 Å². The zero-order chi connectivity index (χ0) is 29.5. The molecule has 0 bridgehead atoms. The van der Waals surface area contributed by atoms with Gasteiger partial charge in [0.15, 0.2) is 16.3 Å². The molecule has 5 aromatic rings. The molecule has 0 amide bonds. The van der Waals surface area contributed by atoms with E-state index in [2.05, 4.69) is 18.2 Å². The Bertz CT molecular complexity index is 2060. The molecule has 0 saturated heterocycles. The minimum absolute atomic E-state index is 0.0730. The maximum atomic E-state index is 14.1. The van der Waals surface area contributed by atoms with Gasteiger partial charge in [-0.15, -0.1) is 0 Å². The number of halogens is 2. The fourth-order valence-corrected chi connectivity index (χ4v) is 7.01. The molecular formula is C35H26Cl2N2O3S. The number of ether oxygens (including phenoxy) is 2. The summed E-state index contributed by atoms with van der Waals surface area (Å²) in [6.45, 7) is 0.379. The molecule has 2 heterocycles. The molecule has 8 heteroatoms. The van der Waals surface area contributed by atoms with Gasteiger partial charge >= 0.3 is 0 Å². The number of rotatable bonds is 6. The van der Waals surface area contributed by atoms with Crippen LogP contribution in [0.2, 0.25) is 10.0 Å². The average molecular weight is 626 g/mol. The van der Waals surface area contributed by atoms with E-state index in [4.69, 9.17) is 37.7 Å². The summed E-state index contributed by atoms with van der Waals surface area (Å²) in [4.78, 5) is 19.8. The first-order valence-electron chi connectivity index (χ1n) is 13.9. The molecular weight excluding hydrogens is 599 g/mol. The molecule has 1 aliphatic heterocycles. The van der Waals surface area contributed by atoms with E-state index in [-0.39, 0.29) is 11.6 Å². The van der Waals surface area contributed by atoms with E-state index in [1.807, 2.05) is 83.4 Å². The lowest BCUT2D eigenvalue weighted by Gasteiger charge is -2.30. The van der Waals surface area contributed by atoms with E-state index >= 15 is 0 Å². The maximum absolute atomic E-state index is 14.1. The van der Waals surface area contributed by atoms with Crippen LogP contribution >= 0.6 is 34.5 Å². The summed E-state index contributed by atoms with van der Waals surface area (Å²) in [5.41, 5.74) is 7.32. The largest absolute Gasteiger partial charge is 0.493 e. The molecule has 4 aromatic carbocycles. The van der Waals surface area contributed by atoms with Crippen molar-refractivity contribution in [1.29, 1.82) is 0 Å². The van der Waals surface area contributed by atoms with Crippen LogP contribution in [0.4, 0.5) is 0 Å². The Hall–Kier alpha value is -4.10. The Kier molecular flexibility index (Phi) is 7.43. The van der Waals surface area contributed by atoms with Crippen LogP contribution in [-0.2, 0) is 13.0 Å². The normalized spacial score (nSPS) is 15.8. The molecule has 1 aromatic heterocycles. The summed E-state index contributed by atoms with van der Waals surface area (Å²) in [6, 6.07) is 29.1. The van der Waals surface area contributed by atoms with Crippen molar-refractivity contribution in [1.82, 2.24) is 4.57 Å². The molecule has 0 fully saturated rings. The van der Waals surface area contributed by atoms with Crippen LogP contribution in [-0.4, -0.2) is 11.7 Å². The molecule has 2 aliphatic rings. The van der Waals surface area contributed by atoms with Crippen molar-refractivity contribution in [2.24, 2.45) is 4.99 Å². The molecule has 43 heavy (non-hydrogen) atoms. The second-order valence-corrected chi connectivity index (χ2v) is 12.4. The number of hydrogen-bond acceptors (Lipinski definition) is 5. The first-order chi connectivity index (χ1) is 21.0. The van der Waals surface area contributed by atoms with Gasteiger partial charge in [0.05, 0.1) is 23.4 Å². The highest BCUT2D eigenvalue weighted by Gasteiger charge is 2.32. The fourth-order valence-electron chi connectivity index (χ4n) is 5.75. The number of benzene rings is 4. The number of aromatic nitrogens is 1. The zero-order valence-corrected chi connectivity index (χ0v) is 25.5. The predicted octanol–water partition coefficient (Wildman–Crippen LogP) is 7.21. The third-order valence-electron chi connectivity index (χ3n) is 7.85. The average Bonchev–Trinajstić information content (AvgIpc) is 3.34. The molecule has 0 unspecified atom stereocenters. The Morgan fingerprint density at radius 2 is 1.67 bits per heavy atom. The molecule has 1 atom stereocenters. The van der Waals surface area contributed by atoms with Crippen molar-refractivity contribution in [3.63, 3.8) is 0 Å². The van der Waals surface area contributed by atoms with Gasteiger partial charge in [-0.05, 0) is 83.1 Å². The molecule has 0 radical (unpaired) electrons. The molecule has 5 nitrogen and oxygen atoms in total. The molecule has 0 N–H and O–H groups in total. The summed E-state index contributed by atoms with van der Waals surface area (Å²) < 4.78 is 14.1. The van der Waals surface area contributed by atoms with Gasteiger partial charge in [-0.2, -0.15) is 0 Å². The molecule has 0 saturated carbocycles. The summed E-state index contributed by atoms with van der Waals surface area (Å²) in [5.74, 6) is 1.20. The van der Waals surface area contributed by atoms with Crippen molar-refractivity contribution in [3.8, 4) is 11.5 Å². The van der Waals surface area contributed by atoms with Gasteiger partial charge in [0.2, 0.25) is 0 Å². The highest BCUT2D eigenvalue weighted by atomic mass is 35.5. The minimum atomic E-state index is -0.253. The minimum Gasteiger partial charge on any atom is -0.493 e. The second kappa shape index (κ2) is 11.5. The third-order valence-corrected chi connectivity index (χ3v) is 9.34. The van der Waals surface area contributed by atoms with E-state index in [1.165, 1.54) is 16.9 Å². The third kappa shape index (κ3) is 5.31. The zero-order valence-electron chi connectivity index (χ0n) is 23.2. The summed E-state index contributed by atoms with van der Waals surface area (Å²) in [7, 11) is 1.61. The van der Waals surface area contributed by atoms with Gasteiger partial charge < -0.3 is 9.47 Å². The van der Waals surface area contributed by atoms with Gasteiger partial charge in [-0.1, -0.05) is 89.1 Å². The molecule has 7 rings (SSSR count). The Morgan fingerprint density at radius 1 is 0.930 bits per heavy atom. The van der Waals surface area contributed by atoms with E-state index in [9.17, 15) is 4.79 Å². The number of methoxy groups -OCH3 is 1. The number of allylic oxidation sites excluding steroid dienone is 1. The summed E-state index contributed by atoms with van der Waals surface area (Å²) >= 11 is 13.6. The topological polar surface area (TPSA) is 52.8 Å². The smallest absolute Gasteiger partial charge is 0.271 e. The molecule has 214 valence electrons. The van der Waals surface area contributed by atoms with E-state index in [0.29, 0.717) is 37.5 Å². The standard InChI is InChI=1S/C35H26Cl2N2O3S/c1-41-30-18-22(8-17-29(30)42-20-21-6-12-25(36)13-7-21)19-31-34(40)39-33(24-9-14-26(37)15-10-24)28-16-11-23-4-2-3-5-27(23)32(28)38-35(39)43-31/h2-10,12-15,17-19,33H,11,16,20H2,1H3/b31-19+/t33-/m1/s1. The Balaban J connectivity index is 1.30. The van der Waals surface area contributed by atoms with E-state index in [1.54, 1.807) is 7.11 Å². The van der Waals surface area contributed by atoms with Crippen molar-refractivity contribution in [3.05, 3.63) is 154 Å². The molecule has 1 aliphatic carbocycles. The number of fused-ring (bicyclic) bond motifs is 3. The van der Waals surface area contributed by atoms with Gasteiger partial charge in [0.25, 0.3) is 5.56 Å². The van der Waals surface area contributed by atoms with Crippen molar-refractivity contribution in [2.75, 3.05) is 7.11 Å². The monoisotopic (exact) mass is 624 g/mol. The number of nitrogens with zero attached hydrogens (tertiary/aromatic N) is 2. The van der Waals surface area contributed by atoms with Crippen LogP contribution in [0, 0.1) is 0 Å². The van der Waals surface area contributed by atoms with Crippen molar-refractivity contribution < 1.29 is 9.47 Å². The van der Waals surface area contributed by atoms with Gasteiger partial charge in [0, 0.05) is 15.6 Å². The highest BCUT2D eigenvalue weighted by molar-refractivity contribution is 7.07. The van der Waals surface area contributed by atoms with Crippen molar-refractivity contribution in [2.45, 2.75) is 25.5 Å². The SMILES string of the molecule is COc1cc(/C=c2/sc3n(c2=O)[C@H](c2ccc(Cl)cc2)C2=C(N=3)c3ccccc3CC2)ccc1OCc1ccc(Cl)cc1. The second-order valence-electron chi connectivity index (χ2n) is 10.5. The number of thiazole rings is 1. The van der Waals surface area contributed by atoms with Crippen LogP contribution in [0.25, 0.3) is 11.8 Å². The van der Waals surface area contributed by atoms with Crippen LogP contribution in [0.3, 0.4) is 0 Å². The summed E-state index contributed by atoms with van der Waals surface area (Å²) in [6.07, 6.45) is 3.64. The van der Waals surface area contributed by atoms with Crippen LogP contribution in [0.15, 0.2) is 106 Å². The number of aryl methyl sites for hydroxylation is 1.